The number of amides is 1. The van der Waals surface area contributed by atoms with E-state index in [2.05, 4.69) is 15.8 Å². The van der Waals surface area contributed by atoms with Crippen molar-refractivity contribution in [3.8, 4) is 0 Å². The Hall–Kier alpha value is -2.41. The number of hydrogen-bond acceptors (Lipinski definition) is 5. The molecule has 0 aromatic heterocycles. The second kappa shape index (κ2) is 8.78. The van der Waals surface area contributed by atoms with E-state index >= 15 is 0 Å². The fourth-order valence-electron chi connectivity index (χ4n) is 1.85. The molecular weight excluding hydrogens is 288 g/mol. The van der Waals surface area contributed by atoms with Crippen LogP contribution in [0.5, 0.6) is 0 Å². The molecule has 0 fully saturated rings. The average molecular weight is 309 g/mol. The van der Waals surface area contributed by atoms with Gasteiger partial charge in [-0.2, -0.15) is 0 Å². The van der Waals surface area contributed by atoms with E-state index in [9.17, 15) is 14.4 Å². The van der Waals surface area contributed by atoms with Gasteiger partial charge in [0, 0.05) is 6.42 Å². The summed E-state index contributed by atoms with van der Waals surface area (Å²) in [6, 6.07) is 7.56. The maximum Gasteiger partial charge on any atom is 0.328 e. The van der Waals surface area contributed by atoms with Crippen molar-refractivity contribution in [2.24, 2.45) is 0 Å². The summed E-state index contributed by atoms with van der Waals surface area (Å²) < 4.78 is 9.19. The maximum absolute atomic E-state index is 12.0. The van der Waals surface area contributed by atoms with E-state index in [1.54, 1.807) is 0 Å². The molecule has 0 saturated heterocycles. The van der Waals surface area contributed by atoms with Gasteiger partial charge in [0.1, 0.15) is 12.5 Å². The summed E-state index contributed by atoms with van der Waals surface area (Å²) in [5.41, 5.74) is 4.49. The monoisotopic (exact) mass is 309 g/mol. The Bertz CT molecular complexity index is 518. The molecule has 0 aliphatic carbocycles. The lowest BCUT2D eigenvalue weighted by atomic mass is 10.1. The van der Waals surface area contributed by atoms with Gasteiger partial charge in [-0.15, -0.1) is 0 Å². The highest BCUT2D eigenvalue weighted by Gasteiger charge is 2.28. The molecule has 0 saturated carbocycles. The Morgan fingerprint density at radius 1 is 1.14 bits per heavy atom. The number of hydrogen-bond donors (Lipinski definition) is 2. The number of carbonyl (C=O) groups is 3. The Kier molecular flexibility index (Phi) is 7.04. The standard InChI is InChI=1S/C15H20N2O5/c1-21-13(18)9-11(16)14(19)17-12(15(20)22-2)8-10-6-4-3-5-7-10/h3-7,11-12H,8-9,16H2,1-2H3,(H,17,19)/p+1/t11-,12+/m0/s1. The van der Waals surface area contributed by atoms with Gasteiger partial charge in [-0.05, 0) is 5.56 Å². The molecule has 0 bridgehead atoms. The molecule has 120 valence electrons. The largest absolute Gasteiger partial charge is 0.469 e. The van der Waals surface area contributed by atoms with Crippen molar-refractivity contribution in [1.29, 1.82) is 0 Å². The van der Waals surface area contributed by atoms with Crippen molar-refractivity contribution in [2.45, 2.75) is 24.9 Å². The highest BCUT2D eigenvalue weighted by atomic mass is 16.5. The molecule has 1 amide bonds. The van der Waals surface area contributed by atoms with E-state index in [1.807, 2.05) is 30.3 Å². The van der Waals surface area contributed by atoms with Gasteiger partial charge >= 0.3 is 11.9 Å². The topological polar surface area (TPSA) is 109 Å². The van der Waals surface area contributed by atoms with Crippen LogP contribution in [0.4, 0.5) is 0 Å². The predicted octanol–water partition coefficient (Wildman–Crippen LogP) is -0.939. The summed E-state index contributed by atoms with van der Waals surface area (Å²) in [5.74, 6) is -1.59. The maximum atomic E-state index is 12.0. The molecule has 0 aliphatic rings. The zero-order valence-corrected chi connectivity index (χ0v) is 12.7. The summed E-state index contributed by atoms with van der Waals surface area (Å²) in [6.45, 7) is 0. The van der Waals surface area contributed by atoms with E-state index in [4.69, 9.17) is 4.74 Å². The molecule has 1 aromatic rings. The van der Waals surface area contributed by atoms with Crippen LogP contribution in [-0.4, -0.2) is 44.1 Å². The van der Waals surface area contributed by atoms with Crippen molar-refractivity contribution in [2.75, 3.05) is 14.2 Å². The fraction of sp³-hybridized carbons (Fsp3) is 0.400. The number of carbonyl (C=O) groups excluding carboxylic acids is 3. The van der Waals surface area contributed by atoms with Crippen LogP contribution >= 0.6 is 0 Å². The Balaban J connectivity index is 2.70. The molecular formula is C15H21N2O5+. The molecule has 1 rings (SSSR count). The van der Waals surface area contributed by atoms with E-state index in [1.165, 1.54) is 14.2 Å². The summed E-state index contributed by atoms with van der Waals surface area (Å²) in [5, 5.41) is 2.56. The Morgan fingerprint density at radius 3 is 2.32 bits per heavy atom. The first-order valence-electron chi connectivity index (χ1n) is 6.80. The zero-order chi connectivity index (χ0) is 16.5. The molecule has 0 radical (unpaired) electrons. The third-order valence-corrected chi connectivity index (χ3v) is 3.10. The minimum atomic E-state index is -0.838. The molecule has 7 nitrogen and oxygen atoms in total. The van der Waals surface area contributed by atoms with Crippen molar-refractivity contribution >= 4 is 17.8 Å². The fourth-order valence-corrected chi connectivity index (χ4v) is 1.85. The van der Waals surface area contributed by atoms with E-state index in [-0.39, 0.29) is 6.42 Å². The minimum absolute atomic E-state index is 0.151. The summed E-state index contributed by atoms with van der Waals surface area (Å²) in [4.78, 5) is 35.0. The number of rotatable bonds is 7. The molecule has 0 spiro atoms. The predicted molar refractivity (Wildman–Crippen MR) is 77.4 cm³/mol. The summed E-state index contributed by atoms with van der Waals surface area (Å²) in [7, 11) is 2.49. The molecule has 22 heavy (non-hydrogen) atoms. The second-order valence-corrected chi connectivity index (χ2v) is 4.75. The van der Waals surface area contributed by atoms with Crippen molar-refractivity contribution in [3.63, 3.8) is 0 Å². The first-order chi connectivity index (χ1) is 10.5. The molecule has 4 N–H and O–H groups in total. The van der Waals surface area contributed by atoms with Crippen LogP contribution in [0, 0.1) is 0 Å². The van der Waals surface area contributed by atoms with E-state index < -0.39 is 29.9 Å². The van der Waals surface area contributed by atoms with Crippen LogP contribution in [0.2, 0.25) is 0 Å². The van der Waals surface area contributed by atoms with Crippen molar-refractivity contribution in [3.05, 3.63) is 35.9 Å². The average Bonchev–Trinajstić information content (AvgIpc) is 2.54. The van der Waals surface area contributed by atoms with Crippen molar-refractivity contribution in [1.82, 2.24) is 5.32 Å². The van der Waals surface area contributed by atoms with Crippen LogP contribution < -0.4 is 11.1 Å². The smallest absolute Gasteiger partial charge is 0.328 e. The zero-order valence-electron chi connectivity index (χ0n) is 12.7. The third-order valence-electron chi connectivity index (χ3n) is 3.10. The molecule has 7 heteroatoms. The number of ether oxygens (including phenoxy) is 2. The number of nitrogens with one attached hydrogen (secondary N) is 1. The number of quaternary nitrogens is 1. The van der Waals surface area contributed by atoms with Crippen LogP contribution in [0.3, 0.4) is 0 Å². The van der Waals surface area contributed by atoms with E-state index in [0.29, 0.717) is 6.42 Å². The highest BCUT2D eigenvalue weighted by molar-refractivity contribution is 5.89. The van der Waals surface area contributed by atoms with E-state index in [0.717, 1.165) is 5.56 Å². The molecule has 0 aliphatic heterocycles. The Morgan fingerprint density at radius 2 is 1.77 bits per heavy atom. The van der Waals surface area contributed by atoms with Gasteiger partial charge in [-0.3, -0.25) is 9.59 Å². The molecule has 2 atom stereocenters. The first-order valence-corrected chi connectivity index (χ1v) is 6.80. The number of esters is 2. The summed E-state index contributed by atoms with van der Waals surface area (Å²) >= 11 is 0. The van der Waals surface area contributed by atoms with Crippen LogP contribution in [0.15, 0.2) is 30.3 Å². The lowest BCUT2D eigenvalue weighted by Gasteiger charge is -2.17. The van der Waals surface area contributed by atoms with Crippen LogP contribution in [-0.2, 0) is 30.3 Å². The SMILES string of the molecule is COC(=O)C[C@H]([NH3+])C(=O)N[C@H](Cc1ccccc1)C(=O)OC. The van der Waals surface area contributed by atoms with Gasteiger partial charge in [-0.1, -0.05) is 30.3 Å². The van der Waals surface area contributed by atoms with Gasteiger partial charge in [0.05, 0.1) is 14.2 Å². The first kappa shape index (κ1) is 17.6. The second-order valence-electron chi connectivity index (χ2n) is 4.75. The van der Waals surface area contributed by atoms with Crippen molar-refractivity contribution < 1.29 is 29.6 Å². The molecule has 0 heterocycles. The molecule has 1 aromatic carbocycles. The van der Waals surface area contributed by atoms with Crippen LogP contribution in [0.25, 0.3) is 0 Å². The quantitative estimate of drug-likeness (QED) is 0.632. The highest BCUT2D eigenvalue weighted by Crippen LogP contribution is 2.05. The van der Waals surface area contributed by atoms with Gasteiger partial charge in [0.25, 0.3) is 5.91 Å². The van der Waals surface area contributed by atoms with Gasteiger partial charge in [-0.25, -0.2) is 4.79 Å². The van der Waals surface area contributed by atoms with Gasteiger partial charge in [0.15, 0.2) is 6.04 Å². The summed E-state index contributed by atoms with van der Waals surface area (Å²) in [6.07, 6.45) is 0.145. The molecule has 0 unspecified atom stereocenters. The lowest BCUT2D eigenvalue weighted by Crippen LogP contribution is -2.69. The number of benzene rings is 1. The third kappa shape index (κ3) is 5.53. The normalized spacial score (nSPS) is 12.9. The van der Waals surface area contributed by atoms with Crippen LogP contribution in [0.1, 0.15) is 12.0 Å². The number of methoxy groups -OCH3 is 2. The van der Waals surface area contributed by atoms with Gasteiger partial charge < -0.3 is 20.5 Å². The minimum Gasteiger partial charge on any atom is -0.469 e. The van der Waals surface area contributed by atoms with Gasteiger partial charge in [0.2, 0.25) is 0 Å². The lowest BCUT2D eigenvalue weighted by molar-refractivity contribution is -0.403. The Labute approximate surface area is 128 Å².